The SMILES string of the molecule is CCS(=O)(=O)c1ccc(N2CCN[C@H](C)C2)c(F)c1. The number of halogens is 1. The van der Waals surface area contributed by atoms with Gasteiger partial charge in [-0.3, -0.25) is 0 Å². The van der Waals surface area contributed by atoms with Crippen LogP contribution in [0, 0.1) is 5.82 Å². The molecule has 0 spiro atoms. The highest BCUT2D eigenvalue weighted by molar-refractivity contribution is 7.91. The fraction of sp³-hybridized carbons (Fsp3) is 0.538. The van der Waals surface area contributed by atoms with Gasteiger partial charge in [0.1, 0.15) is 5.82 Å². The van der Waals surface area contributed by atoms with Gasteiger partial charge >= 0.3 is 0 Å². The molecule has 1 atom stereocenters. The fourth-order valence-electron chi connectivity index (χ4n) is 2.26. The maximum atomic E-state index is 14.1. The Kier molecular flexibility index (Phi) is 4.10. The number of rotatable bonds is 3. The Morgan fingerprint density at radius 2 is 2.21 bits per heavy atom. The van der Waals surface area contributed by atoms with E-state index in [4.69, 9.17) is 0 Å². The first-order valence-corrected chi connectivity index (χ1v) is 8.10. The molecule has 0 unspecified atom stereocenters. The second-order valence-corrected chi connectivity index (χ2v) is 7.10. The first-order valence-electron chi connectivity index (χ1n) is 6.44. The van der Waals surface area contributed by atoms with Gasteiger partial charge in [-0.1, -0.05) is 6.92 Å². The molecule has 2 rings (SSSR count). The zero-order chi connectivity index (χ0) is 14.0. The van der Waals surface area contributed by atoms with E-state index >= 15 is 0 Å². The number of nitrogens with one attached hydrogen (secondary N) is 1. The molecule has 0 saturated carbocycles. The van der Waals surface area contributed by atoms with Crippen molar-refractivity contribution in [2.75, 3.05) is 30.3 Å². The van der Waals surface area contributed by atoms with Crippen molar-refractivity contribution in [2.45, 2.75) is 24.8 Å². The Morgan fingerprint density at radius 1 is 1.47 bits per heavy atom. The normalized spacial score (nSPS) is 20.6. The molecular weight excluding hydrogens is 267 g/mol. The summed E-state index contributed by atoms with van der Waals surface area (Å²) in [5, 5.41) is 3.29. The van der Waals surface area contributed by atoms with Crippen molar-refractivity contribution in [1.82, 2.24) is 5.32 Å². The Bertz CT molecular complexity index is 560. The van der Waals surface area contributed by atoms with Crippen LogP contribution in [0.2, 0.25) is 0 Å². The maximum Gasteiger partial charge on any atom is 0.178 e. The van der Waals surface area contributed by atoms with Crippen LogP contribution in [0.15, 0.2) is 23.1 Å². The van der Waals surface area contributed by atoms with Gasteiger partial charge in [0.2, 0.25) is 0 Å². The molecule has 1 saturated heterocycles. The molecule has 1 N–H and O–H groups in total. The van der Waals surface area contributed by atoms with Crippen LogP contribution in [0.5, 0.6) is 0 Å². The van der Waals surface area contributed by atoms with Crippen molar-refractivity contribution in [2.24, 2.45) is 0 Å². The monoisotopic (exact) mass is 286 g/mol. The zero-order valence-corrected chi connectivity index (χ0v) is 12.0. The molecule has 19 heavy (non-hydrogen) atoms. The molecule has 1 aromatic carbocycles. The lowest BCUT2D eigenvalue weighted by molar-refractivity contribution is 0.478. The summed E-state index contributed by atoms with van der Waals surface area (Å²) in [6.07, 6.45) is 0. The molecule has 0 aliphatic carbocycles. The number of hydrogen-bond donors (Lipinski definition) is 1. The summed E-state index contributed by atoms with van der Waals surface area (Å²) in [7, 11) is -3.35. The number of benzene rings is 1. The molecule has 0 radical (unpaired) electrons. The van der Waals surface area contributed by atoms with Crippen molar-refractivity contribution in [3.05, 3.63) is 24.0 Å². The molecule has 106 valence electrons. The Morgan fingerprint density at radius 3 is 2.79 bits per heavy atom. The Labute approximate surface area is 113 Å². The van der Waals surface area contributed by atoms with E-state index in [0.29, 0.717) is 11.7 Å². The van der Waals surface area contributed by atoms with E-state index in [9.17, 15) is 12.8 Å². The third-order valence-corrected chi connectivity index (χ3v) is 5.10. The van der Waals surface area contributed by atoms with Gasteiger partial charge in [0.05, 0.1) is 16.3 Å². The van der Waals surface area contributed by atoms with Crippen LogP contribution in [0.3, 0.4) is 0 Å². The van der Waals surface area contributed by atoms with Crippen LogP contribution in [0.1, 0.15) is 13.8 Å². The molecule has 1 fully saturated rings. The fourth-order valence-corrected chi connectivity index (χ4v) is 3.15. The highest BCUT2D eigenvalue weighted by Crippen LogP contribution is 2.24. The summed E-state index contributed by atoms with van der Waals surface area (Å²) in [5.41, 5.74) is 0.475. The smallest absolute Gasteiger partial charge is 0.178 e. The quantitative estimate of drug-likeness (QED) is 0.913. The summed E-state index contributed by atoms with van der Waals surface area (Å²) in [4.78, 5) is 2.00. The first-order chi connectivity index (χ1) is 8.94. The predicted octanol–water partition coefficient (Wildman–Crippen LogP) is 1.42. The highest BCUT2D eigenvalue weighted by Gasteiger charge is 2.20. The van der Waals surface area contributed by atoms with Gasteiger partial charge in [0.25, 0.3) is 0 Å². The highest BCUT2D eigenvalue weighted by atomic mass is 32.2. The summed E-state index contributed by atoms with van der Waals surface area (Å²) in [6.45, 7) is 5.84. The second kappa shape index (κ2) is 5.46. The van der Waals surface area contributed by atoms with Gasteiger partial charge in [0.15, 0.2) is 9.84 Å². The minimum absolute atomic E-state index is 0.0174. The van der Waals surface area contributed by atoms with Crippen molar-refractivity contribution in [3.63, 3.8) is 0 Å². The van der Waals surface area contributed by atoms with Gasteiger partial charge in [0, 0.05) is 25.7 Å². The minimum Gasteiger partial charge on any atom is -0.366 e. The minimum atomic E-state index is -3.35. The summed E-state index contributed by atoms with van der Waals surface area (Å²) in [6, 6.07) is 4.48. The summed E-state index contributed by atoms with van der Waals surface area (Å²) in [5.74, 6) is -0.486. The standard InChI is InChI=1S/C13H19FN2O2S/c1-3-19(17,18)11-4-5-13(12(14)8-11)16-7-6-15-10(2)9-16/h4-5,8,10,15H,3,6-7,9H2,1-2H3/t10-/m1/s1. The van der Waals surface area contributed by atoms with E-state index < -0.39 is 15.7 Å². The van der Waals surface area contributed by atoms with Gasteiger partial charge < -0.3 is 10.2 Å². The van der Waals surface area contributed by atoms with E-state index in [0.717, 1.165) is 25.7 Å². The lowest BCUT2D eigenvalue weighted by Crippen LogP contribution is -2.49. The lowest BCUT2D eigenvalue weighted by Gasteiger charge is -2.33. The average molecular weight is 286 g/mol. The van der Waals surface area contributed by atoms with Crippen LogP contribution in [0.25, 0.3) is 0 Å². The van der Waals surface area contributed by atoms with Crippen molar-refractivity contribution < 1.29 is 12.8 Å². The van der Waals surface area contributed by atoms with Crippen LogP contribution in [-0.2, 0) is 9.84 Å². The molecule has 6 heteroatoms. The topological polar surface area (TPSA) is 49.4 Å². The maximum absolute atomic E-state index is 14.1. The lowest BCUT2D eigenvalue weighted by atomic mass is 10.2. The molecule has 4 nitrogen and oxygen atoms in total. The number of anilines is 1. The van der Waals surface area contributed by atoms with Crippen molar-refractivity contribution in [3.8, 4) is 0 Å². The van der Waals surface area contributed by atoms with Crippen molar-refractivity contribution in [1.29, 1.82) is 0 Å². The van der Waals surface area contributed by atoms with E-state index in [-0.39, 0.29) is 10.6 Å². The van der Waals surface area contributed by atoms with Gasteiger partial charge in [-0.15, -0.1) is 0 Å². The second-order valence-electron chi connectivity index (χ2n) is 4.82. The average Bonchev–Trinajstić information content (AvgIpc) is 2.38. The first kappa shape index (κ1) is 14.3. The summed E-state index contributed by atoms with van der Waals surface area (Å²) < 4.78 is 37.5. The van der Waals surface area contributed by atoms with Gasteiger partial charge in [-0.05, 0) is 25.1 Å². The molecule has 0 bridgehead atoms. The van der Waals surface area contributed by atoms with E-state index in [1.54, 1.807) is 13.0 Å². The number of piperazine rings is 1. The van der Waals surface area contributed by atoms with E-state index in [1.165, 1.54) is 6.07 Å². The van der Waals surface area contributed by atoms with Crippen LogP contribution in [0.4, 0.5) is 10.1 Å². The van der Waals surface area contributed by atoms with Crippen LogP contribution >= 0.6 is 0 Å². The predicted molar refractivity (Wildman–Crippen MR) is 73.8 cm³/mol. The molecule has 0 aromatic heterocycles. The van der Waals surface area contributed by atoms with Gasteiger partial charge in [-0.25, -0.2) is 12.8 Å². The summed E-state index contributed by atoms with van der Waals surface area (Å²) >= 11 is 0. The number of hydrogen-bond acceptors (Lipinski definition) is 4. The number of sulfone groups is 1. The molecule has 1 aliphatic heterocycles. The zero-order valence-electron chi connectivity index (χ0n) is 11.2. The van der Waals surface area contributed by atoms with Crippen molar-refractivity contribution >= 4 is 15.5 Å². The van der Waals surface area contributed by atoms with Crippen LogP contribution in [-0.4, -0.2) is 39.8 Å². The Balaban J connectivity index is 2.29. The molecule has 1 heterocycles. The van der Waals surface area contributed by atoms with E-state index in [1.807, 2.05) is 11.8 Å². The Hall–Kier alpha value is -1.14. The van der Waals surface area contributed by atoms with E-state index in [2.05, 4.69) is 5.32 Å². The molecule has 1 aliphatic rings. The van der Waals surface area contributed by atoms with Gasteiger partial charge in [-0.2, -0.15) is 0 Å². The largest absolute Gasteiger partial charge is 0.366 e. The van der Waals surface area contributed by atoms with Crippen LogP contribution < -0.4 is 10.2 Å². The molecule has 1 aromatic rings. The molecular formula is C13H19FN2O2S. The third-order valence-electron chi connectivity index (χ3n) is 3.37. The molecule has 0 amide bonds. The number of nitrogens with zero attached hydrogens (tertiary/aromatic N) is 1. The third kappa shape index (κ3) is 3.06.